The van der Waals surface area contributed by atoms with Gasteiger partial charge in [-0.2, -0.15) is 0 Å². The number of hydrogen-bond donors (Lipinski definition) is 2. The summed E-state index contributed by atoms with van der Waals surface area (Å²) >= 11 is 0. The van der Waals surface area contributed by atoms with Crippen LogP contribution in [0.4, 0.5) is 0 Å². The summed E-state index contributed by atoms with van der Waals surface area (Å²) in [5, 5.41) is 0. The molecule has 1 fully saturated rings. The average Bonchev–Trinajstić information content (AvgIpc) is 3.23. The molecule has 0 unspecified atom stereocenters. The Morgan fingerprint density at radius 2 is 2.21 bits per heavy atom. The van der Waals surface area contributed by atoms with Crippen molar-refractivity contribution in [2.45, 2.75) is 30.3 Å². The Hall–Kier alpha value is -1.02. The van der Waals surface area contributed by atoms with E-state index in [-0.39, 0.29) is 4.90 Å². The number of rotatable bonds is 7. The third-order valence-electron chi connectivity index (χ3n) is 3.24. The van der Waals surface area contributed by atoms with Gasteiger partial charge in [0.05, 0.1) is 5.69 Å². The molecule has 0 amide bonds. The molecule has 0 aliphatic heterocycles. The number of likely N-dealkylation sites (N-methyl/N-ethyl adjacent to an activating group) is 1. The van der Waals surface area contributed by atoms with Crippen LogP contribution in [0.5, 0.6) is 0 Å². The van der Waals surface area contributed by atoms with Crippen molar-refractivity contribution >= 4 is 10.0 Å². The highest BCUT2D eigenvalue weighted by molar-refractivity contribution is 7.89. The smallest absolute Gasteiger partial charge is 0.242 e. The zero-order valence-electron chi connectivity index (χ0n) is 11.0. The Labute approximate surface area is 114 Å². The highest BCUT2D eigenvalue weighted by Crippen LogP contribution is 2.24. The van der Waals surface area contributed by atoms with Crippen LogP contribution < -0.4 is 10.5 Å². The third-order valence-corrected chi connectivity index (χ3v) is 4.69. The second-order valence-electron chi connectivity index (χ2n) is 4.80. The number of pyridine rings is 1. The van der Waals surface area contributed by atoms with Crippen LogP contribution in [0.2, 0.25) is 0 Å². The summed E-state index contributed by atoms with van der Waals surface area (Å²) in [7, 11) is -1.45. The normalized spacial score (nSPS) is 15.9. The van der Waals surface area contributed by atoms with Crippen LogP contribution in [0.3, 0.4) is 0 Å². The molecule has 0 saturated heterocycles. The average molecular weight is 284 g/mol. The second kappa shape index (κ2) is 5.96. The van der Waals surface area contributed by atoms with Gasteiger partial charge in [-0.25, -0.2) is 13.1 Å². The summed E-state index contributed by atoms with van der Waals surface area (Å²) in [4.78, 5) is 6.35. The Morgan fingerprint density at radius 3 is 2.74 bits per heavy atom. The highest BCUT2D eigenvalue weighted by Gasteiger charge is 2.25. The van der Waals surface area contributed by atoms with E-state index in [1.165, 1.54) is 25.1 Å². The lowest BCUT2D eigenvalue weighted by Crippen LogP contribution is -2.34. The summed E-state index contributed by atoms with van der Waals surface area (Å²) in [6.45, 7) is 1.44. The van der Waals surface area contributed by atoms with Crippen LogP contribution in [0.25, 0.3) is 0 Å². The predicted molar refractivity (Wildman–Crippen MR) is 73.0 cm³/mol. The maximum absolute atomic E-state index is 12.0. The second-order valence-corrected chi connectivity index (χ2v) is 6.57. The first-order chi connectivity index (χ1) is 9.03. The molecule has 0 spiro atoms. The van der Waals surface area contributed by atoms with E-state index in [0.29, 0.717) is 24.8 Å². The molecule has 2 rings (SSSR count). The molecule has 1 aromatic rings. The van der Waals surface area contributed by atoms with E-state index in [1.54, 1.807) is 6.07 Å². The van der Waals surface area contributed by atoms with Crippen LogP contribution in [0.15, 0.2) is 23.2 Å². The fourth-order valence-corrected chi connectivity index (χ4v) is 2.79. The maximum Gasteiger partial charge on any atom is 0.242 e. The molecular formula is C12H20N4O2S. The molecule has 1 aromatic heterocycles. The van der Waals surface area contributed by atoms with Crippen molar-refractivity contribution in [2.24, 2.45) is 5.73 Å². The van der Waals surface area contributed by atoms with Crippen molar-refractivity contribution in [3.8, 4) is 0 Å². The molecule has 6 nitrogen and oxygen atoms in total. The molecule has 3 N–H and O–H groups in total. The molecular weight excluding hydrogens is 264 g/mol. The Balaban J connectivity index is 1.89. The van der Waals surface area contributed by atoms with Crippen LogP contribution in [0.1, 0.15) is 18.5 Å². The largest absolute Gasteiger partial charge is 0.325 e. The number of nitrogens with zero attached hydrogens (tertiary/aromatic N) is 2. The SMILES string of the molecule is CN(CCNS(=O)(=O)c1ccc(CN)nc1)C1CC1. The topological polar surface area (TPSA) is 88.3 Å². The first-order valence-electron chi connectivity index (χ1n) is 6.38. The van der Waals surface area contributed by atoms with Gasteiger partial charge in [-0.05, 0) is 32.0 Å². The lowest BCUT2D eigenvalue weighted by Gasteiger charge is -2.15. The molecule has 1 aliphatic carbocycles. The van der Waals surface area contributed by atoms with Crippen molar-refractivity contribution < 1.29 is 8.42 Å². The predicted octanol–water partition coefficient (Wildman–Crippen LogP) is -0.0872. The van der Waals surface area contributed by atoms with E-state index >= 15 is 0 Å². The van der Waals surface area contributed by atoms with Gasteiger partial charge in [-0.3, -0.25) is 4.98 Å². The van der Waals surface area contributed by atoms with Gasteiger partial charge in [0.2, 0.25) is 10.0 Å². The molecule has 0 atom stereocenters. The Kier molecular flexibility index (Phi) is 4.51. The fraction of sp³-hybridized carbons (Fsp3) is 0.583. The molecule has 0 bridgehead atoms. The minimum atomic E-state index is -3.47. The monoisotopic (exact) mass is 284 g/mol. The molecule has 1 aliphatic rings. The first-order valence-corrected chi connectivity index (χ1v) is 7.86. The summed E-state index contributed by atoms with van der Waals surface area (Å²) < 4.78 is 26.6. The molecule has 106 valence electrons. The summed E-state index contributed by atoms with van der Waals surface area (Å²) in [6.07, 6.45) is 3.77. The molecule has 1 saturated carbocycles. The molecule has 0 aromatic carbocycles. The van der Waals surface area contributed by atoms with Crippen LogP contribution >= 0.6 is 0 Å². The Morgan fingerprint density at radius 1 is 1.47 bits per heavy atom. The highest BCUT2D eigenvalue weighted by atomic mass is 32.2. The van der Waals surface area contributed by atoms with Gasteiger partial charge >= 0.3 is 0 Å². The van der Waals surface area contributed by atoms with Crippen molar-refractivity contribution in [3.05, 3.63) is 24.0 Å². The quantitative estimate of drug-likeness (QED) is 0.731. The van der Waals surface area contributed by atoms with Gasteiger partial charge in [0.25, 0.3) is 0 Å². The Bertz CT molecular complexity index is 511. The minimum absolute atomic E-state index is 0.179. The minimum Gasteiger partial charge on any atom is -0.325 e. The van der Waals surface area contributed by atoms with E-state index in [0.717, 1.165) is 6.54 Å². The third kappa shape index (κ3) is 3.97. The summed E-state index contributed by atoms with van der Waals surface area (Å²) in [5.41, 5.74) is 6.10. The van der Waals surface area contributed by atoms with Gasteiger partial charge < -0.3 is 10.6 Å². The van der Waals surface area contributed by atoms with E-state index < -0.39 is 10.0 Å². The number of nitrogens with one attached hydrogen (secondary N) is 1. The van der Waals surface area contributed by atoms with E-state index in [9.17, 15) is 8.42 Å². The molecule has 19 heavy (non-hydrogen) atoms. The fourth-order valence-electron chi connectivity index (χ4n) is 1.83. The van der Waals surface area contributed by atoms with E-state index in [1.807, 2.05) is 7.05 Å². The van der Waals surface area contributed by atoms with Gasteiger partial charge in [0.15, 0.2) is 0 Å². The van der Waals surface area contributed by atoms with Gasteiger partial charge in [0, 0.05) is 31.9 Å². The summed E-state index contributed by atoms with van der Waals surface area (Å²) in [5.74, 6) is 0. The van der Waals surface area contributed by atoms with Gasteiger partial charge in [-0.1, -0.05) is 0 Å². The van der Waals surface area contributed by atoms with Crippen molar-refractivity contribution in [3.63, 3.8) is 0 Å². The van der Waals surface area contributed by atoms with Crippen LogP contribution in [0, 0.1) is 0 Å². The maximum atomic E-state index is 12.0. The molecule has 0 radical (unpaired) electrons. The van der Waals surface area contributed by atoms with Crippen LogP contribution in [-0.2, 0) is 16.6 Å². The molecule has 7 heteroatoms. The standard InChI is InChI=1S/C12H20N4O2S/c1-16(11-3-4-11)7-6-15-19(17,18)12-5-2-10(8-13)14-9-12/h2,5,9,11,15H,3-4,6-8,13H2,1H3. The van der Waals surface area contributed by atoms with Gasteiger partial charge in [0.1, 0.15) is 4.90 Å². The van der Waals surface area contributed by atoms with Gasteiger partial charge in [-0.15, -0.1) is 0 Å². The lowest BCUT2D eigenvalue weighted by atomic mass is 10.4. The zero-order valence-corrected chi connectivity index (χ0v) is 11.9. The lowest BCUT2D eigenvalue weighted by molar-refractivity contribution is 0.329. The summed E-state index contributed by atoms with van der Waals surface area (Å²) in [6, 6.07) is 3.79. The van der Waals surface area contributed by atoms with Crippen LogP contribution in [-0.4, -0.2) is 44.5 Å². The van der Waals surface area contributed by atoms with E-state index in [2.05, 4.69) is 14.6 Å². The number of nitrogens with two attached hydrogens (primary N) is 1. The number of sulfonamides is 1. The number of hydrogen-bond acceptors (Lipinski definition) is 5. The van der Waals surface area contributed by atoms with Crippen molar-refractivity contribution in [1.29, 1.82) is 0 Å². The number of aromatic nitrogens is 1. The molecule has 1 heterocycles. The van der Waals surface area contributed by atoms with E-state index in [4.69, 9.17) is 5.73 Å². The first kappa shape index (κ1) is 14.4. The zero-order chi connectivity index (χ0) is 13.9. The van der Waals surface area contributed by atoms with Crippen molar-refractivity contribution in [2.75, 3.05) is 20.1 Å². The van der Waals surface area contributed by atoms with Crippen molar-refractivity contribution in [1.82, 2.24) is 14.6 Å².